The lowest BCUT2D eigenvalue weighted by Crippen LogP contribution is -2.28. The van der Waals surface area contributed by atoms with Gasteiger partial charge in [0.1, 0.15) is 0 Å². The van der Waals surface area contributed by atoms with Crippen LogP contribution in [0.15, 0.2) is 95.0 Å². The number of anilines is 1. The number of rotatable bonds is 3. The Morgan fingerprint density at radius 1 is 0.885 bits per heavy atom. The van der Waals surface area contributed by atoms with Gasteiger partial charge in [-0.1, -0.05) is 54.6 Å². The molecule has 26 heavy (non-hydrogen) atoms. The highest BCUT2D eigenvalue weighted by molar-refractivity contribution is 8.19. The van der Waals surface area contributed by atoms with E-state index in [0.29, 0.717) is 15.9 Å². The first-order valence-electron chi connectivity index (χ1n) is 8.15. The van der Waals surface area contributed by atoms with Crippen molar-refractivity contribution in [1.82, 2.24) is 4.98 Å². The minimum atomic E-state index is -0.0836. The Morgan fingerprint density at radius 3 is 2.27 bits per heavy atom. The van der Waals surface area contributed by atoms with Crippen molar-refractivity contribution in [2.24, 2.45) is 4.99 Å². The standard InChI is InChI=1S/C21H15N3OS/c25-20-18(15-16-9-3-1-4-10-16)26-21(23-19-13-7-8-14-22-19)24(20)17-11-5-2-6-12-17/h1-15H/b18-15+,23-21-. The number of carbonyl (C=O) groups is 1. The molecular weight excluding hydrogens is 342 g/mol. The molecular formula is C21H15N3OS. The van der Waals surface area contributed by atoms with E-state index in [1.807, 2.05) is 84.9 Å². The molecule has 0 bridgehead atoms. The molecule has 2 aromatic carbocycles. The fourth-order valence-corrected chi connectivity index (χ4v) is 3.56. The van der Waals surface area contributed by atoms with Crippen LogP contribution in [-0.4, -0.2) is 16.1 Å². The minimum Gasteiger partial charge on any atom is -0.268 e. The third kappa shape index (κ3) is 3.43. The van der Waals surface area contributed by atoms with Gasteiger partial charge in [-0.25, -0.2) is 9.98 Å². The van der Waals surface area contributed by atoms with Gasteiger partial charge in [-0.15, -0.1) is 0 Å². The van der Waals surface area contributed by atoms with Crippen molar-refractivity contribution in [3.8, 4) is 0 Å². The van der Waals surface area contributed by atoms with Gasteiger partial charge >= 0.3 is 0 Å². The van der Waals surface area contributed by atoms with Crippen LogP contribution in [0.25, 0.3) is 6.08 Å². The molecule has 4 nitrogen and oxygen atoms in total. The zero-order valence-electron chi connectivity index (χ0n) is 13.8. The summed E-state index contributed by atoms with van der Waals surface area (Å²) in [5.41, 5.74) is 1.77. The molecule has 0 radical (unpaired) electrons. The molecule has 0 atom stereocenters. The van der Waals surface area contributed by atoms with Crippen LogP contribution < -0.4 is 4.90 Å². The van der Waals surface area contributed by atoms with E-state index in [4.69, 9.17) is 0 Å². The second-order valence-electron chi connectivity index (χ2n) is 5.58. The quantitative estimate of drug-likeness (QED) is 0.627. The number of aliphatic imine (C=N–C) groups is 1. The lowest BCUT2D eigenvalue weighted by atomic mass is 10.2. The fraction of sp³-hybridized carbons (Fsp3) is 0. The van der Waals surface area contributed by atoms with Gasteiger partial charge in [0.05, 0.1) is 10.6 Å². The average molecular weight is 357 g/mol. The van der Waals surface area contributed by atoms with Crippen molar-refractivity contribution in [1.29, 1.82) is 0 Å². The molecule has 1 aliphatic heterocycles. The Bertz CT molecular complexity index is 970. The van der Waals surface area contributed by atoms with E-state index < -0.39 is 0 Å². The van der Waals surface area contributed by atoms with Crippen molar-refractivity contribution in [3.05, 3.63) is 95.5 Å². The normalized spacial score (nSPS) is 17.2. The van der Waals surface area contributed by atoms with Gasteiger partial charge in [0.25, 0.3) is 5.91 Å². The molecule has 0 N–H and O–H groups in total. The molecule has 0 unspecified atom stereocenters. The van der Waals surface area contributed by atoms with Crippen LogP contribution in [0.2, 0.25) is 0 Å². The number of hydrogen-bond acceptors (Lipinski definition) is 4. The van der Waals surface area contributed by atoms with Gasteiger partial charge in [-0.05, 0) is 47.7 Å². The summed E-state index contributed by atoms with van der Waals surface area (Å²) >= 11 is 1.36. The topological polar surface area (TPSA) is 45.6 Å². The van der Waals surface area contributed by atoms with Gasteiger partial charge in [0, 0.05) is 6.20 Å². The van der Waals surface area contributed by atoms with E-state index in [2.05, 4.69) is 9.98 Å². The predicted octanol–water partition coefficient (Wildman–Crippen LogP) is 4.89. The second kappa shape index (κ2) is 7.37. The molecule has 1 saturated heterocycles. The molecule has 0 aliphatic carbocycles. The Labute approximate surface area is 155 Å². The highest BCUT2D eigenvalue weighted by Crippen LogP contribution is 2.36. The van der Waals surface area contributed by atoms with Crippen molar-refractivity contribution in [3.63, 3.8) is 0 Å². The number of aromatic nitrogens is 1. The second-order valence-corrected chi connectivity index (χ2v) is 6.59. The van der Waals surface area contributed by atoms with E-state index in [1.54, 1.807) is 11.1 Å². The molecule has 1 amide bonds. The van der Waals surface area contributed by atoms with E-state index in [-0.39, 0.29) is 5.91 Å². The smallest absolute Gasteiger partial charge is 0.268 e. The maximum atomic E-state index is 13.0. The zero-order chi connectivity index (χ0) is 17.8. The summed E-state index contributed by atoms with van der Waals surface area (Å²) in [7, 11) is 0. The summed E-state index contributed by atoms with van der Waals surface area (Å²) in [5.74, 6) is 0.490. The number of amides is 1. The first kappa shape index (κ1) is 16.3. The average Bonchev–Trinajstić information content (AvgIpc) is 2.99. The summed E-state index contributed by atoms with van der Waals surface area (Å²) in [5, 5.41) is 0.599. The highest BCUT2D eigenvalue weighted by Gasteiger charge is 2.34. The summed E-state index contributed by atoms with van der Waals surface area (Å²) < 4.78 is 0. The Balaban J connectivity index is 1.77. The third-order valence-electron chi connectivity index (χ3n) is 3.78. The molecule has 1 aromatic heterocycles. The van der Waals surface area contributed by atoms with Crippen LogP contribution in [0.5, 0.6) is 0 Å². The summed E-state index contributed by atoms with van der Waals surface area (Å²) in [6, 6.07) is 24.9. The van der Waals surface area contributed by atoms with Gasteiger partial charge in [0.2, 0.25) is 0 Å². The number of pyridine rings is 1. The number of nitrogens with zero attached hydrogens (tertiary/aromatic N) is 3. The van der Waals surface area contributed by atoms with Crippen LogP contribution >= 0.6 is 11.8 Å². The molecule has 0 spiro atoms. The maximum absolute atomic E-state index is 13.0. The first-order valence-corrected chi connectivity index (χ1v) is 8.97. The third-order valence-corrected chi connectivity index (χ3v) is 4.75. The van der Waals surface area contributed by atoms with Gasteiger partial charge in [-0.3, -0.25) is 9.69 Å². The van der Waals surface area contributed by atoms with Crippen molar-refractivity contribution < 1.29 is 4.79 Å². The van der Waals surface area contributed by atoms with E-state index in [0.717, 1.165) is 11.3 Å². The summed E-state index contributed by atoms with van der Waals surface area (Å²) in [6.07, 6.45) is 3.58. The van der Waals surface area contributed by atoms with E-state index in [1.165, 1.54) is 11.8 Å². The van der Waals surface area contributed by atoms with Crippen LogP contribution in [0, 0.1) is 0 Å². The molecule has 126 valence electrons. The molecule has 1 aliphatic rings. The SMILES string of the molecule is O=C1/C(=C\c2ccccc2)S/C(=N\c2ccccn2)N1c1ccccc1. The maximum Gasteiger partial charge on any atom is 0.271 e. The fourth-order valence-electron chi connectivity index (χ4n) is 2.57. The minimum absolute atomic E-state index is 0.0836. The molecule has 5 heteroatoms. The van der Waals surface area contributed by atoms with Crippen molar-refractivity contribution >= 4 is 40.4 Å². The van der Waals surface area contributed by atoms with Gasteiger partial charge in [0.15, 0.2) is 11.0 Å². The lowest BCUT2D eigenvalue weighted by Gasteiger charge is -2.15. The summed E-state index contributed by atoms with van der Waals surface area (Å²) in [4.78, 5) is 24.2. The Morgan fingerprint density at radius 2 is 1.58 bits per heavy atom. The van der Waals surface area contributed by atoms with Crippen molar-refractivity contribution in [2.45, 2.75) is 0 Å². The van der Waals surface area contributed by atoms with Crippen molar-refractivity contribution in [2.75, 3.05) is 4.90 Å². The first-order chi connectivity index (χ1) is 12.8. The number of carbonyl (C=O) groups excluding carboxylic acids is 1. The largest absolute Gasteiger partial charge is 0.271 e. The zero-order valence-corrected chi connectivity index (χ0v) is 14.6. The molecule has 1 fully saturated rings. The lowest BCUT2D eigenvalue weighted by molar-refractivity contribution is -0.113. The highest BCUT2D eigenvalue weighted by atomic mass is 32.2. The molecule has 0 saturated carbocycles. The van der Waals surface area contributed by atoms with E-state index in [9.17, 15) is 4.79 Å². The van der Waals surface area contributed by atoms with E-state index >= 15 is 0 Å². The molecule has 2 heterocycles. The molecule has 4 rings (SSSR count). The Kier molecular flexibility index (Phi) is 4.62. The number of hydrogen-bond donors (Lipinski definition) is 0. The number of thioether (sulfide) groups is 1. The molecule has 3 aromatic rings. The van der Waals surface area contributed by atoms with Crippen LogP contribution in [0.3, 0.4) is 0 Å². The Hall–Kier alpha value is -3.18. The van der Waals surface area contributed by atoms with Crippen LogP contribution in [0.1, 0.15) is 5.56 Å². The number of amidine groups is 1. The van der Waals surface area contributed by atoms with Gasteiger partial charge < -0.3 is 0 Å². The predicted molar refractivity (Wildman–Crippen MR) is 107 cm³/mol. The van der Waals surface area contributed by atoms with Crippen LogP contribution in [-0.2, 0) is 4.79 Å². The van der Waals surface area contributed by atoms with Gasteiger partial charge in [-0.2, -0.15) is 0 Å². The number of para-hydroxylation sites is 1. The van der Waals surface area contributed by atoms with Crippen LogP contribution in [0.4, 0.5) is 11.5 Å². The monoisotopic (exact) mass is 357 g/mol. The summed E-state index contributed by atoms with van der Waals surface area (Å²) in [6.45, 7) is 0. The number of benzene rings is 2.